The van der Waals surface area contributed by atoms with E-state index in [-0.39, 0.29) is 0 Å². The largest absolute Gasteiger partial charge is 0.387 e. The quantitative estimate of drug-likeness (QED) is 0.646. The molecule has 0 aliphatic rings. The Labute approximate surface area is 127 Å². The predicted molar refractivity (Wildman–Crippen MR) is 89.1 cm³/mol. The number of aromatic nitrogens is 2. The number of aromatic amines is 1. The molecule has 0 atom stereocenters. The summed E-state index contributed by atoms with van der Waals surface area (Å²) < 4.78 is 0. The van der Waals surface area contributed by atoms with Gasteiger partial charge in [-0.2, -0.15) is 0 Å². The Morgan fingerprint density at radius 2 is 2.05 bits per heavy atom. The van der Waals surface area contributed by atoms with Gasteiger partial charge >= 0.3 is 0 Å². The van der Waals surface area contributed by atoms with Gasteiger partial charge in [0, 0.05) is 41.7 Å². The number of amides is 1. The van der Waals surface area contributed by atoms with Crippen LogP contribution in [0.2, 0.25) is 0 Å². The smallest absolute Gasteiger partial charge is 0.249 e. The third-order valence-electron chi connectivity index (χ3n) is 3.52. The maximum atomic E-state index is 11.8. The van der Waals surface area contributed by atoms with Crippen molar-refractivity contribution in [1.29, 1.82) is 0 Å². The summed E-state index contributed by atoms with van der Waals surface area (Å²) in [6.07, 6.45) is 5.34. The van der Waals surface area contributed by atoms with E-state index in [0.29, 0.717) is 5.57 Å². The summed E-state index contributed by atoms with van der Waals surface area (Å²) in [5, 5.41) is 4.06. The monoisotopic (exact) mass is 292 g/mol. The average molecular weight is 292 g/mol. The van der Waals surface area contributed by atoms with Gasteiger partial charge in [0.2, 0.25) is 5.91 Å². The molecule has 4 N–H and O–H groups in total. The lowest BCUT2D eigenvalue weighted by Gasteiger charge is -2.05. The highest BCUT2D eigenvalue weighted by Gasteiger charge is 2.12. The third-order valence-corrected chi connectivity index (χ3v) is 3.52. The van der Waals surface area contributed by atoms with Crippen LogP contribution in [0.4, 0.5) is 5.69 Å². The van der Waals surface area contributed by atoms with Crippen molar-refractivity contribution in [2.75, 3.05) is 12.4 Å². The molecule has 0 saturated carbocycles. The molecule has 22 heavy (non-hydrogen) atoms. The van der Waals surface area contributed by atoms with E-state index in [9.17, 15) is 4.79 Å². The molecule has 2 heterocycles. The number of hydrogen-bond donors (Lipinski definition) is 3. The molecule has 3 aromatic rings. The predicted octanol–water partition coefficient (Wildman–Crippen LogP) is 2.63. The van der Waals surface area contributed by atoms with Crippen molar-refractivity contribution in [2.45, 2.75) is 0 Å². The van der Waals surface area contributed by atoms with Crippen LogP contribution in [0.1, 0.15) is 11.1 Å². The van der Waals surface area contributed by atoms with Crippen molar-refractivity contribution >= 4 is 34.3 Å². The van der Waals surface area contributed by atoms with Crippen molar-refractivity contribution in [3.8, 4) is 0 Å². The first-order valence-corrected chi connectivity index (χ1v) is 6.91. The first kappa shape index (κ1) is 13.9. The van der Waals surface area contributed by atoms with Crippen molar-refractivity contribution in [2.24, 2.45) is 5.73 Å². The van der Waals surface area contributed by atoms with E-state index in [4.69, 9.17) is 5.73 Å². The highest BCUT2D eigenvalue weighted by Crippen LogP contribution is 2.28. The summed E-state index contributed by atoms with van der Waals surface area (Å²) in [7, 11) is 1.85. The van der Waals surface area contributed by atoms with Gasteiger partial charge in [-0.15, -0.1) is 0 Å². The van der Waals surface area contributed by atoms with E-state index in [1.54, 1.807) is 12.3 Å². The minimum absolute atomic E-state index is 0.463. The van der Waals surface area contributed by atoms with E-state index >= 15 is 0 Å². The highest BCUT2D eigenvalue weighted by molar-refractivity contribution is 6.24. The first-order chi connectivity index (χ1) is 10.7. The Balaban J connectivity index is 2.19. The fourth-order valence-electron chi connectivity index (χ4n) is 2.47. The summed E-state index contributed by atoms with van der Waals surface area (Å²) in [5.41, 5.74) is 9.37. The van der Waals surface area contributed by atoms with E-state index in [1.807, 2.05) is 49.6 Å². The second-order valence-electron chi connectivity index (χ2n) is 4.86. The average Bonchev–Trinajstić information content (AvgIpc) is 2.96. The molecule has 110 valence electrons. The number of nitrogens with one attached hydrogen (secondary N) is 2. The zero-order valence-corrected chi connectivity index (χ0v) is 12.1. The molecule has 5 nitrogen and oxygen atoms in total. The van der Waals surface area contributed by atoms with Crippen LogP contribution in [0.15, 0.2) is 48.8 Å². The number of carbonyl (C=O) groups is 1. The molecule has 0 spiro atoms. The molecule has 0 bridgehead atoms. The lowest BCUT2D eigenvalue weighted by Crippen LogP contribution is -2.12. The number of fused-ring (bicyclic) bond motifs is 1. The zero-order valence-electron chi connectivity index (χ0n) is 12.1. The summed E-state index contributed by atoms with van der Waals surface area (Å²) >= 11 is 0. The van der Waals surface area contributed by atoms with Gasteiger partial charge in [0.05, 0.1) is 0 Å². The first-order valence-electron chi connectivity index (χ1n) is 6.91. The zero-order chi connectivity index (χ0) is 15.5. The van der Waals surface area contributed by atoms with Crippen molar-refractivity contribution in [3.05, 3.63) is 59.9 Å². The molecule has 0 aliphatic heterocycles. The van der Waals surface area contributed by atoms with Gasteiger partial charge in [-0.25, -0.2) is 4.98 Å². The number of H-pyrrole nitrogens is 1. The lowest BCUT2D eigenvalue weighted by molar-refractivity contribution is -0.112. The molecule has 3 rings (SSSR count). The Kier molecular flexibility index (Phi) is 3.62. The van der Waals surface area contributed by atoms with Gasteiger partial charge in [-0.1, -0.05) is 30.3 Å². The highest BCUT2D eigenvalue weighted by atomic mass is 16.1. The second-order valence-corrected chi connectivity index (χ2v) is 4.86. The Bertz CT molecular complexity index is 849. The van der Waals surface area contributed by atoms with Crippen molar-refractivity contribution in [1.82, 2.24) is 9.97 Å². The fraction of sp³-hybridized carbons (Fsp3) is 0.0588. The SMILES string of the molecule is CNc1ccnc2[nH]cc(/C=C(/C(N)=O)c3ccccc3)c12. The number of pyridine rings is 1. The van der Waals surface area contributed by atoms with Gasteiger partial charge in [0.15, 0.2) is 0 Å². The molecule has 5 heteroatoms. The molecule has 0 unspecified atom stereocenters. The van der Waals surface area contributed by atoms with Crippen LogP contribution < -0.4 is 11.1 Å². The van der Waals surface area contributed by atoms with Crippen LogP contribution in [0.25, 0.3) is 22.7 Å². The molecule has 0 aliphatic carbocycles. The van der Waals surface area contributed by atoms with Crippen LogP contribution in [0, 0.1) is 0 Å². The van der Waals surface area contributed by atoms with Gasteiger partial charge in [-0.3, -0.25) is 4.79 Å². The minimum Gasteiger partial charge on any atom is -0.387 e. The summed E-state index contributed by atoms with van der Waals surface area (Å²) in [6, 6.07) is 11.3. The summed E-state index contributed by atoms with van der Waals surface area (Å²) in [4.78, 5) is 19.2. The number of benzene rings is 1. The third kappa shape index (κ3) is 2.44. The Hall–Kier alpha value is -3.08. The topological polar surface area (TPSA) is 83.8 Å². The molecular weight excluding hydrogens is 276 g/mol. The standard InChI is InChI=1S/C17H16N4O/c1-19-14-7-8-20-17-15(14)12(10-21-17)9-13(16(18)22)11-5-3-2-4-6-11/h2-10H,1H3,(H2,18,22)(H2,19,20,21)/b13-9+. The number of hydrogen-bond acceptors (Lipinski definition) is 3. The number of nitrogens with two attached hydrogens (primary N) is 1. The number of primary amides is 1. The van der Waals surface area contributed by atoms with Crippen LogP contribution in [-0.4, -0.2) is 22.9 Å². The number of carbonyl (C=O) groups excluding carboxylic acids is 1. The fourth-order valence-corrected chi connectivity index (χ4v) is 2.47. The molecule has 0 fully saturated rings. The Morgan fingerprint density at radius 3 is 2.73 bits per heavy atom. The lowest BCUT2D eigenvalue weighted by atomic mass is 10.0. The second kappa shape index (κ2) is 5.73. The van der Waals surface area contributed by atoms with Crippen LogP contribution >= 0.6 is 0 Å². The minimum atomic E-state index is -0.463. The van der Waals surface area contributed by atoms with Gasteiger partial charge < -0.3 is 16.0 Å². The van der Waals surface area contributed by atoms with Gasteiger partial charge in [-0.05, 0) is 17.7 Å². The van der Waals surface area contributed by atoms with E-state index in [2.05, 4.69) is 15.3 Å². The van der Waals surface area contributed by atoms with Crippen LogP contribution in [0.3, 0.4) is 0 Å². The number of anilines is 1. The van der Waals surface area contributed by atoms with E-state index < -0.39 is 5.91 Å². The molecule has 1 aromatic carbocycles. The number of nitrogens with zero attached hydrogens (tertiary/aromatic N) is 1. The van der Waals surface area contributed by atoms with Crippen molar-refractivity contribution < 1.29 is 4.79 Å². The summed E-state index contributed by atoms with van der Waals surface area (Å²) in [6.45, 7) is 0. The van der Waals surface area contributed by atoms with Crippen molar-refractivity contribution in [3.63, 3.8) is 0 Å². The molecule has 2 aromatic heterocycles. The number of rotatable bonds is 4. The molecule has 0 radical (unpaired) electrons. The van der Waals surface area contributed by atoms with E-state index in [0.717, 1.165) is 27.8 Å². The molecular formula is C17H16N4O. The molecule has 1 amide bonds. The maximum absolute atomic E-state index is 11.8. The van der Waals surface area contributed by atoms with Gasteiger partial charge in [0.25, 0.3) is 0 Å². The van der Waals surface area contributed by atoms with Crippen LogP contribution in [0.5, 0.6) is 0 Å². The Morgan fingerprint density at radius 1 is 1.27 bits per heavy atom. The summed E-state index contributed by atoms with van der Waals surface area (Å²) in [5.74, 6) is -0.463. The normalized spacial score (nSPS) is 11.6. The van der Waals surface area contributed by atoms with Gasteiger partial charge in [0.1, 0.15) is 5.65 Å². The van der Waals surface area contributed by atoms with E-state index in [1.165, 1.54) is 0 Å². The van der Waals surface area contributed by atoms with Crippen LogP contribution in [-0.2, 0) is 4.79 Å². The molecule has 0 saturated heterocycles. The maximum Gasteiger partial charge on any atom is 0.249 e.